The van der Waals surface area contributed by atoms with E-state index in [0.717, 1.165) is 43.9 Å². The van der Waals surface area contributed by atoms with Crippen LogP contribution in [0.2, 0.25) is 0 Å². The molecule has 2 aromatic rings. The summed E-state index contributed by atoms with van der Waals surface area (Å²) >= 11 is 0. The Hall–Kier alpha value is -1.93. The van der Waals surface area contributed by atoms with E-state index in [1.165, 1.54) is 0 Å². The van der Waals surface area contributed by atoms with Crippen LogP contribution in [0.1, 0.15) is 22.8 Å². The molecule has 1 fully saturated rings. The summed E-state index contributed by atoms with van der Waals surface area (Å²) in [7, 11) is 0. The Labute approximate surface area is 138 Å². The molecule has 0 saturated carbocycles. The van der Waals surface area contributed by atoms with Crippen LogP contribution < -0.4 is 0 Å². The zero-order valence-corrected chi connectivity index (χ0v) is 13.4. The van der Waals surface area contributed by atoms with Crippen LogP contribution >= 0.6 is 0 Å². The SMILES string of the molecule is Cc1nc(CN2CCN(Cc3ccc(C(F)(F)F)cc3)CC2)no1. The van der Waals surface area contributed by atoms with Gasteiger partial charge in [0.05, 0.1) is 12.1 Å². The molecular formula is C16H19F3N4O. The lowest BCUT2D eigenvalue weighted by Gasteiger charge is -2.34. The molecule has 5 nitrogen and oxygen atoms in total. The van der Waals surface area contributed by atoms with E-state index in [2.05, 4.69) is 19.9 Å². The van der Waals surface area contributed by atoms with Crippen LogP contribution in [0.25, 0.3) is 0 Å². The van der Waals surface area contributed by atoms with Crippen LogP contribution in [-0.4, -0.2) is 46.1 Å². The highest BCUT2D eigenvalue weighted by Crippen LogP contribution is 2.29. The number of nitrogens with zero attached hydrogens (tertiary/aromatic N) is 4. The van der Waals surface area contributed by atoms with Crippen LogP contribution in [-0.2, 0) is 19.3 Å². The van der Waals surface area contributed by atoms with Crippen molar-refractivity contribution in [3.8, 4) is 0 Å². The van der Waals surface area contributed by atoms with E-state index in [4.69, 9.17) is 4.52 Å². The van der Waals surface area contributed by atoms with Gasteiger partial charge >= 0.3 is 6.18 Å². The molecule has 1 aliphatic rings. The number of aryl methyl sites for hydroxylation is 1. The first-order valence-corrected chi connectivity index (χ1v) is 7.80. The first-order chi connectivity index (χ1) is 11.4. The molecule has 24 heavy (non-hydrogen) atoms. The molecule has 0 unspecified atom stereocenters. The largest absolute Gasteiger partial charge is 0.416 e. The van der Waals surface area contributed by atoms with Gasteiger partial charge in [-0.15, -0.1) is 0 Å². The van der Waals surface area contributed by atoms with Gasteiger partial charge in [-0.1, -0.05) is 17.3 Å². The van der Waals surface area contributed by atoms with E-state index in [9.17, 15) is 13.2 Å². The second-order valence-corrected chi connectivity index (χ2v) is 5.98. The number of benzene rings is 1. The molecule has 1 aromatic carbocycles. The molecule has 0 bridgehead atoms. The van der Waals surface area contributed by atoms with E-state index < -0.39 is 11.7 Å². The zero-order valence-electron chi connectivity index (χ0n) is 13.4. The fourth-order valence-electron chi connectivity index (χ4n) is 2.77. The third-order valence-electron chi connectivity index (χ3n) is 4.09. The van der Waals surface area contributed by atoms with E-state index in [1.54, 1.807) is 19.1 Å². The van der Waals surface area contributed by atoms with Gasteiger partial charge in [-0.05, 0) is 17.7 Å². The highest BCUT2D eigenvalue weighted by molar-refractivity contribution is 5.24. The summed E-state index contributed by atoms with van der Waals surface area (Å²) in [5.74, 6) is 1.25. The third kappa shape index (κ3) is 4.33. The molecule has 1 aliphatic heterocycles. The van der Waals surface area contributed by atoms with E-state index in [-0.39, 0.29) is 0 Å². The van der Waals surface area contributed by atoms with Gasteiger partial charge in [0.1, 0.15) is 0 Å². The second-order valence-electron chi connectivity index (χ2n) is 5.98. The number of piperazine rings is 1. The minimum atomic E-state index is -4.28. The fraction of sp³-hybridized carbons (Fsp3) is 0.500. The number of alkyl halides is 3. The summed E-state index contributed by atoms with van der Waals surface area (Å²) in [5, 5.41) is 3.89. The molecule has 2 heterocycles. The van der Waals surface area contributed by atoms with Gasteiger partial charge in [0.2, 0.25) is 5.89 Å². The maximum Gasteiger partial charge on any atom is 0.416 e. The first-order valence-electron chi connectivity index (χ1n) is 7.80. The summed E-state index contributed by atoms with van der Waals surface area (Å²) in [6.45, 7) is 6.54. The molecule has 3 rings (SSSR count). The van der Waals surface area contributed by atoms with E-state index in [0.29, 0.717) is 24.8 Å². The minimum absolute atomic E-state index is 0.561. The third-order valence-corrected chi connectivity index (χ3v) is 4.09. The number of aromatic nitrogens is 2. The van der Waals surface area contributed by atoms with Crippen molar-refractivity contribution in [2.24, 2.45) is 0 Å². The Bertz CT molecular complexity index is 661. The van der Waals surface area contributed by atoms with Crippen molar-refractivity contribution in [1.29, 1.82) is 0 Å². The summed E-state index contributed by atoms with van der Waals surface area (Å²) in [6, 6.07) is 5.39. The Balaban J connectivity index is 1.48. The number of halogens is 3. The van der Waals surface area contributed by atoms with Gasteiger partial charge in [-0.2, -0.15) is 18.2 Å². The highest BCUT2D eigenvalue weighted by Gasteiger charge is 2.30. The molecule has 1 aromatic heterocycles. The summed E-state index contributed by atoms with van der Waals surface area (Å²) in [6.07, 6.45) is -4.28. The molecule has 0 atom stereocenters. The molecule has 0 radical (unpaired) electrons. The van der Waals surface area contributed by atoms with Gasteiger partial charge < -0.3 is 4.52 Å². The molecule has 1 saturated heterocycles. The van der Waals surface area contributed by atoms with Crippen LogP contribution in [0.15, 0.2) is 28.8 Å². The van der Waals surface area contributed by atoms with Gasteiger partial charge in [-0.3, -0.25) is 9.80 Å². The van der Waals surface area contributed by atoms with Crippen LogP contribution in [0.5, 0.6) is 0 Å². The van der Waals surface area contributed by atoms with Crippen LogP contribution in [0, 0.1) is 6.92 Å². The number of hydrogen-bond donors (Lipinski definition) is 0. The first kappa shape index (κ1) is 16.9. The lowest BCUT2D eigenvalue weighted by atomic mass is 10.1. The van der Waals surface area contributed by atoms with Crippen molar-refractivity contribution >= 4 is 0 Å². The maximum atomic E-state index is 12.6. The molecule has 0 amide bonds. The standard InChI is InChI=1S/C16H19F3N4O/c1-12-20-15(21-24-12)11-23-8-6-22(7-9-23)10-13-2-4-14(5-3-13)16(17,18)19/h2-5H,6-11H2,1H3. The predicted octanol–water partition coefficient (Wildman–Crippen LogP) is 2.71. The predicted molar refractivity (Wildman–Crippen MR) is 81.0 cm³/mol. The highest BCUT2D eigenvalue weighted by atomic mass is 19.4. The summed E-state index contributed by atoms with van der Waals surface area (Å²) < 4.78 is 42.7. The van der Waals surface area contributed by atoms with Gasteiger partial charge in [-0.25, -0.2) is 0 Å². The fourth-order valence-corrected chi connectivity index (χ4v) is 2.77. The number of rotatable bonds is 4. The van der Waals surface area contributed by atoms with Gasteiger partial charge in [0.25, 0.3) is 0 Å². The lowest BCUT2D eigenvalue weighted by molar-refractivity contribution is -0.137. The maximum absolute atomic E-state index is 12.6. The molecular weight excluding hydrogens is 321 g/mol. The zero-order chi connectivity index (χ0) is 17.2. The monoisotopic (exact) mass is 340 g/mol. The van der Waals surface area contributed by atoms with Crippen molar-refractivity contribution in [1.82, 2.24) is 19.9 Å². The Kier molecular flexibility index (Phi) is 4.86. The average molecular weight is 340 g/mol. The van der Waals surface area contributed by atoms with Crippen molar-refractivity contribution < 1.29 is 17.7 Å². The Morgan fingerprint density at radius 2 is 1.58 bits per heavy atom. The average Bonchev–Trinajstić information content (AvgIpc) is 2.94. The van der Waals surface area contributed by atoms with Crippen molar-refractivity contribution in [2.75, 3.05) is 26.2 Å². The van der Waals surface area contributed by atoms with E-state index in [1.807, 2.05) is 0 Å². The van der Waals surface area contributed by atoms with Gasteiger partial charge in [0.15, 0.2) is 5.82 Å². The molecule has 0 spiro atoms. The quantitative estimate of drug-likeness (QED) is 0.856. The topological polar surface area (TPSA) is 45.4 Å². The van der Waals surface area contributed by atoms with Gasteiger partial charge in [0, 0.05) is 39.6 Å². The summed E-state index contributed by atoms with van der Waals surface area (Å²) in [5.41, 5.74) is 0.289. The number of hydrogen-bond acceptors (Lipinski definition) is 5. The van der Waals surface area contributed by atoms with Crippen LogP contribution in [0.3, 0.4) is 0 Å². The summed E-state index contributed by atoms with van der Waals surface area (Å²) in [4.78, 5) is 8.67. The molecule has 8 heteroatoms. The molecule has 0 N–H and O–H groups in total. The van der Waals surface area contributed by atoms with Crippen LogP contribution in [0.4, 0.5) is 13.2 Å². The Morgan fingerprint density at radius 3 is 2.08 bits per heavy atom. The van der Waals surface area contributed by atoms with Crippen molar-refractivity contribution in [3.05, 3.63) is 47.1 Å². The van der Waals surface area contributed by atoms with Crippen molar-refractivity contribution in [2.45, 2.75) is 26.2 Å². The molecule has 130 valence electrons. The van der Waals surface area contributed by atoms with Crippen molar-refractivity contribution in [3.63, 3.8) is 0 Å². The lowest BCUT2D eigenvalue weighted by Crippen LogP contribution is -2.45. The minimum Gasteiger partial charge on any atom is -0.340 e. The van der Waals surface area contributed by atoms with E-state index >= 15 is 0 Å². The Morgan fingerprint density at radius 1 is 1.00 bits per heavy atom. The second kappa shape index (κ2) is 6.90. The normalized spacial score (nSPS) is 17.3. The molecule has 0 aliphatic carbocycles. The smallest absolute Gasteiger partial charge is 0.340 e.